The highest BCUT2D eigenvalue weighted by Crippen LogP contribution is 2.12. The van der Waals surface area contributed by atoms with Crippen LogP contribution in [-0.2, 0) is 4.79 Å². The summed E-state index contributed by atoms with van der Waals surface area (Å²) in [6.07, 6.45) is 2.38. The number of carbonyl (C=O) groups is 1. The molecule has 1 heterocycles. The van der Waals surface area contributed by atoms with E-state index in [1.54, 1.807) is 6.20 Å². The van der Waals surface area contributed by atoms with Gasteiger partial charge in [0.05, 0.1) is 22.4 Å². The Hall–Kier alpha value is -0.970. The van der Waals surface area contributed by atoms with E-state index in [2.05, 4.69) is 31.2 Å². The molecule has 1 aromatic heterocycles. The number of hydrogen-bond acceptors (Lipinski definition) is 3. The quantitative estimate of drug-likeness (QED) is 0.858. The first-order valence-electron chi connectivity index (χ1n) is 4.79. The zero-order valence-electron chi connectivity index (χ0n) is 9.04. The molecule has 1 atom stereocenters. The number of nitrogens with zero attached hydrogens (tertiary/aromatic N) is 2. The van der Waals surface area contributed by atoms with Crippen molar-refractivity contribution in [1.29, 1.82) is 0 Å². The maximum atomic E-state index is 11.6. The number of anilines is 1. The van der Waals surface area contributed by atoms with Gasteiger partial charge in [0.25, 0.3) is 0 Å². The maximum Gasteiger partial charge on any atom is 0.239 e. The fourth-order valence-corrected chi connectivity index (χ4v) is 1.22. The second-order valence-electron chi connectivity index (χ2n) is 3.31. The Bertz CT molecular complexity index is 368. The molecule has 1 aromatic rings. The van der Waals surface area contributed by atoms with Crippen LogP contribution < -0.4 is 5.32 Å². The Labute approximate surface area is 97.6 Å². The molecule has 15 heavy (non-hydrogen) atoms. The van der Waals surface area contributed by atoms with E-state index in [1.165, 1.54) is 0 Å². The molecular weight excluding hydrogens is 258 g/mol. The van der Waals surface area contributed by atoms with Crippen LogP contribution in [0.1, 0.15) is 24.7 Å². The van der Waals surface area contributed by atoms with Crippen LogP contribution in [0.2, 0.25) is 0 Å². The van der Waals surface area contributed by atoms with Gasteiger partial charge in [-0.25, -0.2) is 4.98 Å². The summed E-state index contributed by atoms with van der Waals surface area (Å²) in [6, 6.07) is 0. The molecule has 82 valence electrons. The number of amides is 1. The van der Waals surface area contributed by atoms with Crippen LogP contribution in [-0.4, -0.2) is 20.7 Å². The Morgan fingerprint density at radius 2 is 2.27 bits per heavy atom. The van der Waals surface area contributed by atoms with Gasteiger partial charge >= 0.3 is 0 Å². The van der Waals surface area contributed by atoms with Gasteiger partial charge in [-0.1, -0.05) is 22.9 Å². The normalized spacial score (nSPS) is 12.3. The Morgan fingerprint density at radius 3 is 2.80 bits per heavy atom. The molecule has 5 heteroatoms. The van der Waals surface area contributed by atoms with E-state index in [0.717, 1.165) is 17.8 Å². The predicted octanol–water partition coefficient (Wildman–Crippen LogP) is 2.21. The first kappa shape index (κ1) is 12.1. The number of hydrogen-bond donors (Lipinski definition) is 1. The number of carbonyl (C=O) groups excluding carboxylic acids is 1. The smallest absolute Gasteiger partial charge is 0.239 e. The van der Waals surface area contributed by atoms with Gasteiger partial charge in [-0.3, -0.25) is 9.78 Å². The van der Waals surface area contributed by atoms with Crippen LogP contribution in [0, 0.1) is 13.8 Å². The lowest BCUT2D eigenvalue weighted by Gasteiger charge is -2.09. The summed E-state index contributed by atoms with van der Waals surface area (Å²) in [5, 5.41) is 2.73. The van der Waals surface area contributed by atoms with Gasteiger partial charge in [0.15, 0.2) is 5.82 Å². The largest absolute Gasteiger partial charge is 0.308 e. The molecule has 1 N–H and O–H groups in total. The highest BCUT2D eigenvalue weighted by Gasteiger charge is 2.14. The maximum absolute atomic E-state index is 11.6. The third kappa shape index (κ3) is 3.27. The summed E-state index contributed by atoms with van der Waals surface area (Å²) in [7, 11) is 0. The molecule has 1 rings (SSSR count). The van der Waals surface area contributed by atoms with E-state index >= 15 is 0 Å². The predicted molar refractivity (Wildman–Crippen MR) is 63.1 cm³/mol. The number of rotatable bonds is 3. The van der Waals surface area contributed by atoms with Crippen molar-refractivity contribution in [1.82, 2.24) is 9.97 Å². The third-order valence-electron chi connectivity index (χ3n) is 1.95. The molecule has 0 spiro atoms. The van der Waals surface area contributed by atoms with E-state index < -0.39 is 0 Å². The average molecular weight is 272 g/mol. The van der Waals surface area contributed by atoms with E-state index in [4.69, 9.17) is 0 Å². The third-order valence-corrected chi connectivity index (χ3v) is 3.02. The minimum atomic E-state index is -0.181. The molecule has 0 saturated carbocycles. The van der Waals surface area contributed by atoms with E-state index in [9.17, 15) is 4.79 Å². The molecule has 0 aromatic carbocycles. The number of halogens is 1. The van der Waals surface area contributed by atoms with Gasteiger partial charge in [0.1, 0.15) is 0 Å². The minimum Gasteiger partial charge on any atom is -0.308 e. The van der Waals surface area contributed by atoms with Crippen LogP contribution in [0.25, 0.3) is 0 Å². The molecule has 0 radical (unpaired) electrons. The van der Waals surface area contributed by atoms with Crippen LogP contribution in [0.4, 0.5) is 5.82 Å². The second-order valence-corrected chi connectivity index (χ2v) is 4.42. The molecule has 0 aliphatic heterocycles. The Balaban J connectivity index is 2.77. The van der Waals surface area contributed by atoms with Crippen molar-refractivity contribution in [2.24, 2.45) is 0 Å². The van der Waals surface area contributed by atoms with Gasteiger partial charge in [0.2, 0.25) is 5.91 Å². The number of aromatic nitrogens is 2. The summed E-state index contributed by atoms with van der Waals surface area (Å²) < 4.78 is 0. The lowest BCUT2D eigenvalue weighted by Crippen LogP contribution is -2.23. The monoisotopic (exact) mass is 271 g/mol. The lowest BCUT2D eigenvalue weighted by atomic mass is 10.3. The van der Waals surface area contributed by atoms with Crippen molar-refractivity contribution >= 4 is 27.7 Å². The Kier molecular flexibility index (Phi) is 4.20. The van der Waals surface area contributed by atoms with E-state index in [1.807, 2.05) is 20.8 Å². The average Bonchev–Trinajstić information content (AvgIpc) is 2.20. The summed E-state index contributed by atoms with van der Waals surface area (Å²) in [5.74, 6) is 0.447. The molecular formula is C10H14BrN3O. The van der Waals surface area contributed by atoms with Crippen LogP contribution in [0.3, 0.4) is 0 Å². The van der Waals surface area contributed by atoms with Crippen LogP contribution in [0.15, 0.2) is 6.20 Å². The van der Waals surface area contributed by atoms with Crippen molar-refractivity contribution in [2.75, 3.05) is 5.32 Å². The molecule has 1 amide bonds. The van der Waals surface area contributed by atoms with Crippen molar-refractivity contribution in [2.45, 2.75) is 32.0 Å². The summed E-state index contributed by atoms with van der Waals surface area (Å²) in [6.45, 7) is 5.63. The number of alkyl halides is 1. The number of nitrogens with one attached hydrogen (secondary N) is 1. The standard InChI is InChI=1S/C10H14BrN3O/c1-4-8(11)10(15)14-9-7(3)13-6(2)5-12-9/h5,8H,4H2,1-3H3,(H,12,14,15). The Morgan fingerprint density at radius 1 is 1.60 bits per heavy atom. The fourth-order valence-electron chi connectivity index (χ4n) is 1.10. The summed E-state index contributed by atoms with van der Waals surface area (Å²) in [5.41, 5.74) is 1.58. The molecule has 0 aliphatic carbocycles. The highest BCUT2D eigenvalue weighted by molar-refractivity contribution is 9.10. The highest BCUT2D eigenvalue weighted by atomic mass is 79.9. The minimum absolute atomic E-state index is 0.0845. The van der Waals surface area contributed by atoms with Gasteiger partial charge in [-0.05, 0) is 20.3 Å². The first-order valence-corrected chi connectivity index (χ1v) is 5.71. The van der Waals surface area contributed by atoms with Gasteiger partial charge in [0, 0.05) is 0 Å². The fraction of sp³-hybridized carbons (Fsp3) is 0.500. The summed E-state index contributed by atoms with van der Waals surface area (Å²) >= 11 is 3.28. The van der Waals surface area contributed by atoms with Crippen LogP contribution in [0.5, 0.6) is 0 Å². The zero-order chi connectivity index (χ0) is 11.4. The SMILES string of the molecule is CCC(Br)C(=O)Nc1ncc(C)nc1C. The second kappa shape index (κ2) is 5.21. The van der Waals surface area contributed by atoms with Gasteiger partial charge < -0.3 is 5.32 Å². The van der Waals surface area contributed by atoms with Crippen LogP contribution >= 0.6 is 15.9 Å². The first-order chi connectivity index (χ1) is 7.04. The van der Waals surface area contributed by atoms with Crippen molar-refractivity contribution in [3.8, 4) is 0 Å². The topological polar surface area (TPSA) is 54.9 Å². The van der Waals surface area contributed by atoms with E-state index in [-0.39, 0.29) is 10.7 Å². The van der Waals surface area contributed by atoms with Gasteiger partial charge in [-0.2, -0.15) is 0 Å². The number of aryl methyl sites for hydroxylation is 2. The zero-order valence-corrected chi connectivity index (χ0v) is 10.6. The lowest BCUT2D eigenvalue weighted by molar-refractivity contribution is -0.115. The molecule has 0 bridgehead atoms. The van der Waals surface area contributed by atoms with Crippen molar-refractivity contribution in [3.05, 3.63) is 17.6 Å². The molecule has 0 aliphatic rings. The van der Waals surface area contributed by atoms with Gasteiger partial charge in [-0.15, -0.1) is 0 Å². The molecule has 0 saturated heterocycles. The van der Waals surface area contributed by atoms with Crippen molar-refractivity contribution in [3.63, 3.8) is 0 Å². The molecule has 0 fully saturated rings. The molecule has 4 nitrogen and oxygen atoms in total. The summed E-state index contributed by atoms with van der Waals surface area (Å²) in [4.78, 5) is 19.7. The molecule has 1 unspecified atom stereocenters. The van der Waals surface area contributed by atoms with Crippen molar-refractivity contribution < 1.29 is 4.79 Å². The van der Waals surface area contributed by atoms with E-state index in [0.29, 0.717) is 5.82 Å².